The zero-order valence-electron chi connectivity index (χ0n) is 8.52. The number of nitriles is 1. The molecule has 0 N–H and O–H groups in total. The van der Waals surface area contributed by atoms with Gasteiger partial charge < -0.3 is 4.52 Å². The maximum absolute atomic E-state index is 11.7. The van der Waals surface area contributed by atoms with E-state index in [1.165, 1.54) is 6.08 Å². The quantitative estimate of drug-likeness (QED) is 0.390. The molecule has 0 aliphatic heterocycles. The van der Waals surface area contributed by atoms with Crippen LogP contribution in [0.25, 0.3) is 0 Å². The van der Waals surface area contributed by atoms with Gasteiger partial charge in [-0.2, -0.15) is 5.26 Å². The highest BCUT2D eigenvalue weighted by Crippen LogP contribution is 2.50. The number of allylic oxidation sites excluding steroid dienone is 2. The molecule has 6 heteroatoms. The van der Waals surface area contributed by atoms with Crippen LogP contribution >= 0.6 is 7.82 Å². The molecule has 0 aromatic carbocycles. The molecule has 0 radical (unpaired) electrons. The van der Waals surface area contributed by atoms with Gasteiger partial charge in [0.2, 0.25) is 5.76 Å². The highest BCUT2D eigenvalue weighted by atomic mass is 31.2. The summed E-state index contributed by atoms with van der Waals surface area (Å²) in [6, 6.07) is 1.73. The Bertz CT molecular complexity index is 272. The van der Waals surface area contributed by atoms with Crippen LogP contribution in [0.15, 0.2) is 11.8 Å². The Hall–Kier alpha value is -0.820. The smallest absolute Gasteiger partial charge is 0.393 e. The van der Waals surface area contributed by atoms with Crippen LogP contribution in [0, 0.1) is 11.3 Å². The zero-order chi connectivity index (χ0) is 11.0. The first-order valence-electron chi connectivity index (χ1n) is 4.27. The van der Waals surface area contributed by atoms with E-state index in [4.69, 9.17) is 18.8 Å². The molecule has 0 aromatic rings. The normalized spacial score (nSPS) is 12.3. The van der Waals surface area contributed by atoms with E-state index in [1.807, 2.05) is 0 Å². The van der Waals surface area contributed by atoms with Crippen LogP contribution in [0.2, 0.25) is 0 Å². The maximum atomic E-state index is 11.7. The van der Waals surface area contributed by atoms with Crippen molar-refractivity contribution in [1.82, 2.24) is 0 Å². The Morgan fingerprint density at radius 2 is 1.93 bits per heavy atom. The first kappa shape index (κ1) is 13.2. The lowest BCUT2D eigenvalue weighted by molar-refractivity contribution is 0.149. The third-order valence-corrected chi connectivity index (χ3v) is 2.73. The van der Waals surface area contributed by atoms with Gasteiger partial charge in [-0.15, -0.1) is 0 Å². The van der Waals surface area contributed by atoms with E-state index in [9.17, 15) is 4.57 Å². The highest BCUT2D eigenvalue weighted by molar-refractivity contribution is 7.48. The van der Waals surface area contributed by atoms with E-state index in [1.54, 1.807) is 26.8 Å². The first-order chi connectivity index (χ1) is 6.61. The summed E-state index contributed by atoms with van der Waals surface area (Å²) in [4.78, 5) is 0. The molecule has 0 aliphatic rings. The van der Waals surface area contributed by atoms with Gasteiger partial charge in [-0.25, -0.2) is 4.57 Å². The number of rotatable bonds is 6. The third-order valence-electron chi connectivity index (χ3n) is 1.16. The maximum Gasteiger partial charge on any atom is 0.530 e. The predicted octanol–water partition coefficient (Wildman–Crippen LogP) is 2.61. The summed E-state index contributed by atoms with van der Waals surface area (Å²) >= 11 is 0. The van der Waals surface area contributed by atoms with Gasteiger partial charge in [0, 0.05) is 0 Å². The lowest BCUT2D eigenvalue weighted by Crippen LogP contribution is -1.99. The molecule has 0 bridgehead atoms. The van der Waals surface area contributed by atoms with Crippen molar-refractivity contribution in [3.63, 3.8) is 0 Å². The van der Waals surface area contributed by atoms with Crippen molar-refractivity contribution in [1.29, 1.82) is 5.26 Å². The second kappa shape index (κ2) is 6.61. The second-order valence-electron chi connectivity index (χ2n) is 2.14. The standard InChI is InChI=1S/C8H14NO4P/c1-4-8(7-9)13-14(10,11-5-2)12-6-3/h4H,5-6H2,1-3H3/b8-4-. The van der Waals surface area contributed by atoms with Crippen molar-refractivity contribution in [2.45, 2.75) is 20.8 Å². The van der Waals surface area contributed by atoms with E-state index in [2.05, 4.69) is 0 Å². The number of nitrogens with zero attached hydrogens (tertiary/aromatic N) is 1. The molecule has 0 aliphatic carbocycles. The van der Waals surface area contributed by atoms with Crippen LogP contribution in [0.5, 0.6) is 0 Å². The second-order valence-corrected chi connectivity index (χ2v) is 3.73. The van der Waals surface area contributed by atoms with E-state index >= 15 is 0 Å². The monoisotopic (exact) mass is 219 g/mol. The molecule has 0 rings (SSSR count). The molecular formula is C8H14NO4P. The fourth-order valence-corrected chi connectivity index (χ4v) is 1.86. The van der Waals surface area contributed by atoms with Gasteiger partial charge in [-0.1, -0.05) is 0 Å². The van der Waals surface area contributed by atoms with Crippen LogP contribution in [-0.4, -0.2) is 13.2 Å². The van der Waals surface area contributed by atoms with Gasteiger partial charge in [0.1, 0.15) is 6.07 Å². The molecule has 0 atom stereocenters. The van der Waals surface area contributed by atoms with Gasteiger partial charge in [0.15, 0.2) is 0 Å². The molecule has 0 saturated carbocycles. The average Bonchev–Trinajstić information content (AvgIpc) is 2.15. The topological polar surface area (TPSA) is 68.5 Å². The van der Waals surface area contributed by atoms with E-state index < -0.39 is 7.82 Å². The van der Waals surface area contributed by atoms with Crippen molar-refractivity contribution in [2.24, 2.45) is 0 Å². The van der Waals surface area contributed by atoms with Gasteiger partial charge in [-0.05, 0) is 26.8 Å². The van der Waals surface area contributed by atoms with Crippen molar-refractivity contribution in [2.75, 3.05) is 13.2 Å². The number of phosphoric ester groups is 1. The molecule has 14 heavy (non-hydrogen) atoms. The largest absolute Gasteiger partial charge is 0.530 e. The van der Waals surface area contributed by atoms with Crippen LogP contribution in [0.4, 0.5) is 0 Å². The Kier molecular flexibility index (Phi) is 6.22. The summed E-state index contributed by atoms with van der Waals surface area (Å²) in [5, 5.41) is 8.55. The Balaban J connectivity index is 4.53. The van der Waals surface area contributed by atoms with Crippen LogP contribution in [0.3, 0.4) is 0 Å². The number of phosphoric acid groups is 1. The van der Waals surface area contributed by atoms with Crippen molar-refractivity contribution in [3.05, 3.63) is 11.8 Å². The summed E-state index contributed by atoms with van der Waals surface area (Å²) in [5.74, 6) is -0.0739. The molecule has 0 saturated heterocycles. The zero-order valence-corrected chi connectivity index (χ0v) is 9.41. The molecule has 80 valence electrons. The van der Waals surface area contributed by atoms with Crippen LogP contribution < -0.4 is 0 Å². The van der Waals surface area contributed by atoms with Gasteiger partial charge >= 0.3 is 7.82 Å². The van der Waals surface area contributed by atoms with E-state index in [-0.39, 0.29) is 19.0 Å². The Morgan fingerprint density at radius 3 is 2.21 bits per heavy atom. The lowest BCUT2D eigenvalue weighted by atomic mass is 10.5. The summed E-state index contributed by atoms with van der Waals surface area (Å²) in [7, 11) is -3.60. The summed E-state index contributed by atoms with van der Waals surface area (Å²) in [6.07, 6.45) is 1.39. The molecule has 0 fully saturated rings. The van der Waals surface area contributed by atoms with E-state index in [0.29, 0.717) is 0 Å². The van der Waals surface area contributed by atoms with Crippen molar-refractivity contribution >= 4 is 7.82 Å². The predicted molar refractivity (Wildman–Crippen MR) is 51.3 cm³/mol. The summed E-state index contributed by atoms with van der Waals surface area (Å²) in [6.45, 7) is 5.31. The molecule has 0 unspecified atom stereocenters. The summed E-state index contributed by atoms with van der Waals surface area (Å²) < 4.78 is 26.2. The highest BCUT2D eigenvalue weighted by Gasteiger charge is 2.27. The van der Waals surface area contributed by atoms with Crippen LogP contribution in [0.1, 0.15) is 20.8 Å². The molecule has 5 nitrogen and oxygen atoms in total. The molecule has 0 amide bonds. The lowest BCUT2D eigenvalue weighted by Gasteiger charge is -2.15. The summed E-state index contributed by atoms with van der Waals surface area (Å²) in [5.41, 5.74) is 0. The number of hydrogen-bond acceptors (Lipinski definition) is 5. The van der Waals surface area contributed by atoms with E-state index in [0.717, 1.165) is 0 Å². The Labute approximate surface area is 83.9 Å². The SMILES string of the molecule is C/C=C(/C#N)OP(=O)(OCC)OCC. The molecule has 0 spiro atoms. The van der Waals surface area contributed by atoms with Gasteiger partial charge in [-0.3, -0.25) is 9.05 Å². The van der Waals surface area contributed by atoms with Crippen molar-refractivity contribution in [3.8, 4) is 6.07 Å². The number of hydrogen-bond donors (Lipinski definition) is 0. The minimum Gasteiger partial charge on any atom is -0.393 e. The minimum absolute atomic E-state index is 0.0739. The fourth-order valence-electron chi connectivity index (χ4n) is 0.664. The van der Waals surface area contributed by atoms with Gasteiger partial charge in [0.25, 0.3) is 0 Å². The Morgan fingerprint density at radius 1 is 1.43 bits per heavy atom. The first-order valence-corrected chi connectivity index (χ1v) is 5.73. The molecule has 0 aromatic heterocycles. The average molecular weight is 219 g/mol. The van der Waals surface area contributed by atoms with Crippen LogP contribution in [-0.2, 0) is 18.1 Å². The molecule has 0 heterocycles. The van der Waals surface area contributed by atoms with Gasteiger partial charge in [0.05, 0.1) is 13.2 Å². The minimum atomic E-state index is -3.60. The fraction of sp³-hybridized carbons (Fsp3) is 0.625. The van der Waals surface area contributed by atoms with Crippen molar-refractivity contribution < 1.29 is 18.1 Å². The third kappa shape index (κ3) is 4.43. The molecular weight excluding hydrogens is 205 g/mol.